The molecule has 0 unspecified atom stereocenters. The van der Waals surface area contributed by atoms with E-state index in [1.54, 1.807) is 31.4 Å². The summed E-state index contributed by atoms with van der Waals surface area (Å²) in [5.41, 5.74) is 0.234. The Bertz CT molecular complexity index is 444. The van der Waals surface area contributed by atoms with Crippen LogP contribution in [0, 0.1) is 12.3 Å². The van der Waals surface area contributed by atoms with Crippen molar-refractivity contribution in [2.24, 2.45) is 0 Å². The van der Waals surface area contributed by atoms with E-state index in [0.717, 1.165) is 11.4 Å². The minimum Gasteiger partial charge on any atom is -0.497 e. The zero-order chi connectivity index (χ0) is 13.6. The molecule has 1 rings (SSSR count). The van der Waals surface area contributed by atoms with E-state index in [0.29, 0.717) is 0 Å². The maximum absolute atomic E-state index is 11.7. The van der Waals surface area contributed by atoms with Gasteiger partial charge in [0.1, 0.15) is 5.75 Å². The molecule has 4 nitrogen and oxygen atoms in total. The fourth-order valence-electron chi connectivity index (χ4n) is 1.23. The highest BCUT2D eigenvalue weighted by Crippen LogP contribution is 2.14. The van der Waals surface area contributed by atoms with Gasteiger partial charge < -0.3 is 10.1 Å². The number of benzene rings is 1. The second-order valence-corrected chi connectivity index (χ2v) is 4.40. The van der Waals surface area contributed by atoms with E-state index in [9.17, 15) is 4.79 Å². The van der Waals surface area contributed by atoms with Gasteiger partial charge in [-0.25, -0.2) is 0 Å². The van der Waals surface area contributed by atoms with E-state index in [2.05, 4.69) is 16.6 Å². The monoisotopic (exact) mass is 246 g/mol. The van der Waals surface area contributed by atoms with Crippen molar-refractivity contribution in [1.82, 2.24) is 5.32 Å². The van der Waals surface area contributed by atoms with E-state index < -0.39 is 5.54 Å². The lowest BCUT2D eigenvalue weighted by molar-refractivity contribution is -0.115. The predicted octanol–water partition coefficient (Wildman–Crippen LogP) is 1.64. The summed E-state index contributed by atoms with van der Waals surface area (Å²) in [7, 11) is 1.60. The number of ether oxygens (including phenoxy) is 1. The fraction of sp³-hybridized carbons (Fsp3) is 0.357. The van der Waals surface area contributed by atoms with Crippen molar-refractivity contribution >= 4 is 11.6 Å². The molecular weight excluding hydrogens is 228 g/mol. The van der Waals surface area contributed by atoms with Crippen LogP contribution in [0.4, 0.5) is 5.69 Å². The Morgan fingerprint density at radius 3 is 2.50 bits per heavy atom. The van der Waals surface area contributed by atoms with Crippen molar-refractivity contribution in [2.45, 2.75) is 19.4 Å². The van der Waals surface area contributed by atoms with Gasteiger partial charge in [0.15, 0.2) is 0 Å². The molecule has 1 amide bonds. The van der Waals surface area contributed by atoms with E-state index >= 15 is 0 Å². The van der Waals surface area contributed by atoms with Gasteiger partial charge in [-0.1, -0.05) is 5.92 Å². The first kappa shape index (κ1) is 14.1. The highest BCUT2D eigenvalue weighted by Gasteiger charge is 2.14. The molecule has 0 atom stereocenters. The normalized spacial score (nSPS) is 10.6. The smallest absolute Gasteiger partial charge is 0.238 e. The van der Waals surface area contributed by atoms with Gasteiger partial charge in [0, 0.05) is 5.69 Å². The Balaban J connectivity index is 2.47. The number of methoxy groups -OCH3 is 1. The molecule has 0 saturated carbocycles. The average Bonchev–Trinajstić information content (AvgIpc) is 2.37. The number of carbonyl (C=O) groups excluding carboxylic acids is 1. The van der Waals surface area contributed by atoms with Crippen molar-refractivity contribution in [3.63, 3.8) is 0 Å². The van der Waals surface area contributed by atoms with Gasteiger partial charge in [-0.05, 0) is 38.1 Å². The SMILES string of the molecule is C#CC(C)(C)NCC(=O)Nc1ccc(OC)cc1. The molecule has 0 radical (unpaired) electrons. The number of terminal acetylenes is 1. The van der Waals surface area contributed by atoms with Crippen molar-refractivity contribution in [3.05, 3.63) is 24.3 Å². The van der Waals surface area contributed by atoms with Crippen molar-refractivity contribution in [3.8, 4) is 18.1 Å². The Morgan fingerprint density at radius 1 is 1.39 bits per heavy atom. The Morgan fingerprint density at radius 2 is 2.00 bits per heavy atom. The molecule has 1 aromatic carbocycles. The molecule has 0 spiro atoms. The first-order chi connectivity index (χ1) is 8.46. The van der Waals surface area contributed by atoms with Crippen LogP contribution in [0.15, 0.2) is 24.3 Å². The van der Waals surface area contributed by atoms with Crippen LogP contribution in [-0.2, 0) is 4.79 Å². The summed E-state index contributed by atoms with van der Waals surface area (Å²) in [4.78, 5) is 11.7. The standard InChI is InChI=1S/C14H18N2O2/c1-5-14(2,3)15-10-13(17)16-11-6-8-12(18-4)9-7-11/h1,6-9,15H,10H2,2-4H3,(H,16,17). The number of amides is 1. The summed E-state index contributed by atoms with van der Waals surface area (Å²) in [5, 5.41) is 5.74. The lowest BCUT2D eigenvalue weighted by Crippen LogP contribution is -2.42. The molecule has 0 aliphatic rings. The number of rotatable bonds is 5. The zero-order valence-electron chi connectivity index (χ0n) is 10.9. The molecule has 18 heavy (non-hydrogen) atoms. The third-order valence-corrected chi connectivity index (χ3v) is 2.43. The molecular formula is C14H18N2O2. The molecule has 0 aliphatic heterocycles. The maximum atomic E-state index is 11.7. The third kappa shape index (κ3) is 4.48. The second-order valence-electron chi connectivity index (χ2n) is 4.40. The molecule has 0 aromatic heterocycles. The minimum atomic E-state index is -0.489. The van der Waals surface area contributed by atoms with Gasteiger partial charge >= 0.3 is 0 Å². The van der Waals surface area contributed by atoms with Crippen molar-refractivity contribution in [2.75, 3.05) is 19.0 Å². The molecule has 0 aliphatic carbocycles. The van der Waals surface area contributed by atoms with Crippen LogP contribution >= 0.6 is 0 Å². The summed E-state index contributed by atoms with van der Waals surface area (Å²) in [5.74, 6) is 3.18. The van der Waals surface area contributed by atoms with Gasteiger partial charge in [0.25, 0.3) is 0 Å². The average molecular weight is 246 g/mol. The number of hydrogen-bond donors (Lipinski definition) is 2. The van der Waals surface area contributed by atoms with Crippen LogP contribution in [0.3, 0.4) is 0 Å². The van der Waals surface area contributed by atoms with Crippen LogP contribution in [-0.4, -0.2) is 25.1 Å². The van der Waals surface area contributed by atoms with E-state index in [1.165, 1.54) is 0 Å². The third-order valence-electron chi connectivity index (χ3n) is 2.43. The number of anilines is 1. The summed E-state index contributed by atoms with van der Waals surface area (Å²) in [6.45, 7) is 3.85. The summed E-state index contributed by atoms with van der Waals surface area (Å²) >= 11 is 0. The summed E-state index contributed by atoms with van der Waals surface area (Å²) < 4.78 is 5.03. The lowest BCUT2D eigenvalue weighted by Gasteiger charge is -2.19. The molecule has 0 bridgehead atoms. The Hall–Kier alpha value is -1.99. The van der Waals surface area contributed by atoms with Crippen LogP contribution in [0.1, 0.15) is 13.8 Å². The van der Waals surface area contributed by atoms with Gasteiger partial charge in [-0.3, -0.25) is 10.1 Å². The van der Waals surface area contributed by atoms with E-state index in [4.69, 9.17) is 11.2 Å². The molecule has 96 valence electrons. The van der Waals surface area contributed by atoms with Gasteiger partial charge in [-0.15, -0.1) is 6.42 Å². The highest BCUT2D eigenvalue weighted by atomic mass is 16.5. The van der Waals surface area contributed by atoms with Crippen LogP contribution in [0.2, 0.25) is 0 Å². The number of hydrogen-bond acceptors (Lipinski definition) is 3. The van der Waals surface area contributed by atoms with Crippen molar-refractivity contribution < 1.29 is 9.53 Å². The summed E-state index contributed by atoms with van der Waals surface area (Å²) in [6.07, 6.45) is 5.32. The van der Waals surface area contributed by atoms with Gasteiger partial charge in [0.2, 0.25) is 5.91 Å². The van der Waals surface area contributed by atoms with Crippen LogP contribution in [0.25, 0.3) is 0 Å². The predicted molar refractivity (Wildman–Crippen MR) is 72.5 cm³/mol. The van der Waals surface area contributed by atoms with Gasteiger partial charge in [0.05, 0.1) is 19.2 Å². The maximum Gasteiger partial charge on any atom is 0.238 e. The largest absolute Gasteiger partial charge is 0.497 e. The Labute approximate surface area is 108 Å². The van der Waals surface area contributed by atoms with Crippen LogP contribution < -0.4 is 15.4 Å². The Kier molecular flexibility index (Phi) is 4.75. The first-order valence-electron chi connectivity index (χ1n) is 5.63. The number of nitrogens with one attached hydrogen (secondary N) is 2. The highest BCUT2D eigenvalue weighted by molar-refractivity contribution is 5.92. The molecule has 0 fully saturated rings. The second kappa shape index (κ2) is 6.08. The van der Waals surface area contributed by atoms with Crippen LogP contribution in [0.5, 0.6) is 5.75 Å². The first-order valence-corrected chi connectivity index (χ1v) is 5.63. The zero-order valence-corrected chi connectivity index (χ0v) is 10.9. The molecule has 0 heterocycles. The molecule has 1 aromatic rings. The van der Waals surface area contributed by atoms with Crippen molar-refractivity contribution in [1.29, 1.82) is 0 Å². The molecule has 0 saturated heterocycles. The van der Waals surface area contributed by atoms with Gasteiger partial charge in [-0.2, -0.15) is 0 Å². The topological polar surface area (TPSA) is 50.4 Å². The quantitative estimate of drug-likeness (QED) is 0.776. The number of carbonyl (C=O) groups is 1. The minimum absolute atomic E-state index is 0.136. The fourth-order valence-corrected chi connectivity index (χ4v) is 1.23. The van der Waals surface area contributed by atoms with E-state index in [-0.39, 0.29) is 12.5 Å². The lowest BCUT2D eigenvalue weighted by atomic mass is 10.1. The summed E-state index contributed by atoms with van der Waals surface area (Å²) in [6, 6.07) is 7.13. The molecule has 2 N–H and O–H groups in total. The molecule has 4 heteroatoms. The van der Waals surface area contributed by atoms with E-state index in [1.807, 2.05) is 13.8 Å².